The molecule has 0 heterocycles. The summed E-state index contributed by atoms with van der Waals surface area (Å²) in [7, 11) is 0. The van der Waals surface area contributed by atoms with Gasteiger partial charge in [-0.1, -0.05) is 26.0 Å². The third-order valence-electron chi connectivity index (χ3n) is 3.79. The molecule has 1 fully saturated rings. The molecule has 1 nitrogen and oxygen atoms in total. The number of allylic oxidation sites excluding steroid dienone is 2. The van der Waals surface area contributed by atoms with Gasteiger partial charge >= 0.3 is 0 Å². The quantitative estimate of drug-likeness (QED) is 0.413. The van der Waals surface area contributed by atoms with Crippen LogP contribution in [-0.4, -0.2) is 6.29 Å². The third kappa shape index (κ3) is 0.688. The molecule has 0 amide bonds. The number of hydrogen-bond acceptors (Lipinski definition) is 1. The molecular weight excluding hydrogens is 136 g/mol. The van der Waals surface area contributed by atoms with Crippen LogP contribution in [0.5, 0.6) is 0 Å². The fourth-order valence-electron chi connectivity index (χ4n) is 2.55. The second kappa shape index (κ2) is 1.96. The Bertz CT molecular complexity index is 219. The molecule has 0 aliphatic heterocycles. The van der Waals surface area contributed by atoms with Crippen LogP contribution in [0.3, 0.4) is 0 Å². The highest BCUT2D eigenvalue weighted by Gasteiger charge is 2.50. The Morgan fingerprint density at radius 3 is 2.64 bits per heavy atom. The van der Waals surface area contributed by atoms with E-state index in [1.165, 1.54) is 6.42 Å². The zero-order valence-corrected chi connectivity index (χ0v) is 7.08. The molecule has 0 aromatic rings. The Labute approximate surface area is 67.5 Å². The predicted octanol–water partition coefficient (Wildman–Crippen LogP) is 2.03. The average molecular weight is 150 g/mol. The van der Waals surface area contributed by atoms with Gasteiger partial charge in [-0.3, -0.25) is 0 Å². The highest BCUT2D eigenvalue weighted by molar-refractivity contribution is 5.62. The molecule has 4 atom stereocenters. The smallest absolute Gasteiger partial charge is 0.126 e. The molecule has 1 heteroatoms. The summed E-state index contributed by atoms with van der Waals surface area (Å²) in [5, 5.41) is 0. The molecule has 0 N–H and O–H groups in total. The Morgan fingerprint density at radius 1 is 1.55 bits per heavy atom. The molecule has 2 aliphatic rings. The molecule has 2 rings (SSSR count). The van der Waals surface area contributed by atoms with Crippen LogP contribution < -0.4 is 0 Å². The minimum absolute atomic E-state index is 0.0561. The van der Waals surface area contributed by atoms with Gasteiger partial charge in [0.15, 0.2) is 0 Å². The Kier molecular flexibility index (Phi) is 1.26. The van der Waals surface area contributed by atoms with Crippen molar-refractivity contribution in [1.29, 1.82) is 0 Å². The van der Waals surface area contributed by atoms with Crippen LogP contribution in [0, 0.1) is 23.2 Å². The maximum Gasteiger partial charge on any atom is 0.126 e. The number of rotatable bonds is 1. The average Bonchev–Trinajstić information content (AvgIpc) is 2.56. The van der Waals surface area contributed by atoms with Crippen molar-refractivity contribution in [2.75, 3.05) is 0 Å². The SMILES string of the molecule is C[C@H]1[C@@H]2C=C[C@@H](C2)[C@]1(C)C=O. The summed E-state index contributed by atoms with van der Waals surface area (Å²) < 4.78 is 0. The van der Waals surface area contributed by atoms with Gasteiger partial charge in [0.1, 0.15) is 6.29 Å². The zero-order chi connectivity index (χ0) is 8.06. The van der Waals surface area contributed by atoms with E-state index in [1.807, 2.05) is 0 Å². The number of carbonyl (C=O) groups is 1. The molecule has 1 saturated carbocycles. The van der Waals surface area contributed by atoms with Crippen molar-refractivity contribution in [3.63, 3.8) is 0 Å². The second-order valence-corrected chi connectivity index (χ2v) is 4.16. The van der Waals surface area contributed by atoms with Crippen LogP contribution in [-0.2, 0) is 4.79 Å². The van der Waals surface area contributed by atoms with Crippen molar-refractivity contribution in [3.8, 4) is 0 Å². The Morgan fingerprint density at radius 2 is 2.27 bits per heavy atom. The van der Waals surface area contributed by atoms with Gasteiger partial charge in [0.2, 0.25) is 0 Å². The second-order valence-electron chi connectivity index (χ2n) is 4.16. The lowest BCUT2D eigenvalue weighted by atomic mass is 9.72. The van der Waals surface area contributed by atoms with E-state index in [-0.39, 0.29) is 5.41 Å². The first-order valence-electron chi connectivity index (χ1n) is 4.33. The number of carbonyl (C=O) groups excluding carboxylic acids is 1. The highest BCUT2D eigenvalue weighted by atomic mass is 16.1. The minimum atomic E-state index is -0.0561. The van der Waals surface area contributed by atoms with Gasteiger partial charge < -0.3 is 4.79 Å². The van der Waals surface area contributed by atoms with Crippen LogP contribution in [0.4, 0.5) is 0 Å². The lowest BCUT2D eigenvalue weighted by Gasteiger charge is -2.30. The first-order valence-corrected chi connectivity index (χ1v) is 4.33. The molecule has 60 valence electrons. The minimum Gasteiger partial charge on any atom is -0.303 e. The van der Waals surface area contributed by atoms with E-state index in [0.717, 1.165) is 6.29 Å². The van der Waals surface area contributed by atoms with Gasteiger partial charge in [0, 0.05) is 5.41 Å². The monoisotopic (exact) mass is 150 g/mol. The van der Waals surface area contributed by atoms with Gasteiger partial charge in [-0.2, -0.15) is 0 Å². The van der Waals surface area contributed by atoms with Crippen molar-refractivity contribution in [2.24, 2.45) is 23.2 Å². The van der Waals surface area contributed by atoms with E-state index < -0.39 is 0 Å². The lowest BCUT2D eigenvalue weighted by Crippen LogP contribution is -2.30. The molecule has 0 unspecified atom stereocenters. The molecule has 0 saturated heterocycles. The van der Waals surface area contributed by atoms with Crippen LogP contribution in [0.2, 0.25) is 0 Å². The van der Waals surface area contributed by atoms with Gasteiger partial charge in [0.05, 0.1) is 0 Å². The fraction of sp³-hybridized carbons (Fsp3) is 0.700. The van der Waals surface area contributed by atoms with Crippen molar-refractivity contribution in [2.45, 2.75) is 20.3 Å². The molecule has 0 aromatic carbocycles. The molecule has 2 bridgehead atoms. The molecule has 2 aliphatic carbocycles. The van der Waals surface area contributed by atoms with E-state index in [1.54, 1.807) is 0 Å². The van der Waals surface area contributed by atoms with E-state index in [2.05, 4.69) is 26.0 Å². The summed E-state index contributed by atoms with van der Waals surface area (Å²) >= 11 is 0. The van der Waals surface area contributed by atoms with Crippen molar-refractivity contribution < 1.29 is 4.79 Å². The summed E-state index contributed by atoms with van der Waals surface area (Å²) in [5.41, 5.74) is -0.0561. The standard InChI is InChI=1S/C10H14O/c1-7-8-3-4-9(5-8)10(7,2)6-11/h3-4,6-9H,5H2,1-2H3/t7-,8+,9-,10+/m0/s1. The van der Waals surface area contributed by atoms with Crippen molar-refractivity contribution >= 4 is 6.29 Å². The molecule has 11 heavy (non-hydrogen) atoms. The van der Waals surface area contributed by atoms with E-state index in [4.69, 9.17) is 0 Å². The van der Waals surface area contributed by atoms with E-state index >= 15 is 0 Å². The Hall–Kier alpha value is -0.590. The summed E-state index contributed by atoms with van der Waals surface area (Å²) in [5.74, 6) is 1.75. The molecular formula is C10H14O. The number of fused-ring (bicyclic) bond motifs is 2. The van der Waals surface area contributed by atoms with Crippen LogP contribution in [0.15, 0.2) is 12.2 Å². The summed E-state index contributed by atoms with van der Waals surface area (Å²) in [6.07, 6.45) is 6.86. The van der Waals surface area contributed by atoms with Crippen LogP contribution in [0.25, 0.3) is 0 Å². The van der Waals surface area contributed by atoms with Gasteiger partial charge in [-0.05, 0) is 24.2 Å². The number of aldehydes is 1. The highest BCUT2D eigenvalue weighted by Crippen LogP contribution is 2.54. The van der Waals surface area contributed by atoms with Crippen molar-refractivity contribution in [1.82, 2.24) is 0 Å². The van der Waals surface area contributed by atoms with Gasteiger partial charge in [-0.25, -0.2) is 0 Å². The largest absolute Gasteiger partial charge is 0.303 e. The van der Waals surface area contributed by atoms with E-state index in [9.17, 15) is 4.79 Å². The maximum absolute atomic E-state index is 10.9. The van der Waals surface area contributed by atoms with Gasteiger partial charge in [-0.15, -0.1) is 0 Å². The van der Waals surface area contributed by atoms with Crippen LogP contribution in [0.1, 0.15) is 20.3 Å². The normalized spacial score (nSPS) is 53.5. The Balaban J connectivity index is 2.38. The molecule has 0 aromatic heterocycles. The summed E-state index contributed by atoms with van der Waals surface area (Å²) in [6.45, 7) is 4.29. The third-order valence-corrected chi connectivity index (χ3v) is 3.79. The number of hydrogen-bond donors (Lipinski definition) is 0. The molecule has 0 spiro atoms. The van der Waals surface area contributed by atoms with Crippen LogP contribution >= 0.6 is 0 Å². The van der Waals surface area contributed by atoms with E-state index in [0.29, 0.717) is 17.8 Å². The lowest BCUT2D eigenvalue weighted by molar-refractivity contribution is -0.118. The molecule has 0 radical (unpaired) electrons. The zero-order valence-electron chi connectivity index (χ0n) is 7.08. The topological polar surface area (TPSA) is 17.1 Å². The summed E-state index contributed by atoms with van der Waals surface area (Å²) in [6, 6.07) is 0. The fourth-order valence-corrected chi connectivity index (χ4v) is 2.55. The first kappa shape index (κ1) is 7.08. The summed E-state index contributed by atoms with van der Waals surface area (Å²) in [4.78, 5) is 10.9. The predicted molar refractivity (Wildman–Crippen MR) is 44.1 cm³/mol. The van der Waals surface area contributed by atoms with Gasteiger partial charge in [0.25, 0.3) is 0 Å². The first-order chi connectivity index (χ1) is 5.18. The van der Waals surface area contributed by atoms with Crippen molar-refractivity contribution in [3.05, 3.63) is 12.2 Å². The maximum atomic E-state index is 10.9.